The van der Waals surface area contributed by atoms with E-state index in [1.165, 1.54) is 24.8 Å². The number of phosphoric acid groups is 1. The number of alkyl halides is 1. The Labute approximate surface area is 176 Å². The molecule has 0 amide bonds. The normalized spacial score (nSPS) is 14.0. The molecule has 0 aromatic heterocycles. The summed E-state index contributed by atoms with van der Waals surface area (Å²) in [4.78, 5) is 30.8. The highest BCUT2D eigenvalue weighted by Gasteiger charge is 2.15. The van der Waals surface area contributed by atoms with Gasteiger partial charge in [0.2, 0.25) is 0 Å². The van der Waals surface area contributed by atoms with Crippen LogP contribution in [0.1, 0.15) is 56.9 Å². The maximum atomic E-state index is 11.7. The van der Waals surface area contributed by atoms with Gasteiger partial charge in [-0.2, -0.15) is 0 Å². The molecule has 0 aliphatic carbocycles. The van der Waals surface area contributed by atoms with Gasteiger partial charge in [0.05, 0.1) is 6.61 Å². The van der Waals surface area contributed by atoms with Crippen molar-refractivity contribution in [2.75, 3.05) is 11.9 Å². The van der Waals surface area contributed by atoms with Crippen LogP contribution in [0.25, 0.3) is 0 Å². The molecule has 1 rings (SSSR count). The molecule has 0 heterocycles. The smallest absolute Gasteiger partial charge is 0.306 e. The van der Waals surface area contributed by atoms with E-state index in [4.69, 9.17) is 9.63 Å². The number of esters is 1. The first-order chi connectivity index (χ1) is 12.9. The summed E-state index contributed by atoms with van der Waals surface area (Å²) in [6, 6.07) is 10.5. The van der Waals surface area contributed by atoms with Gasteiger partial charge < -0.3 is 25.2 Å². The summed E-state index contributed by atoms with van der Waals surface area (Å²) in [5.41, 5.74) is 1.39. The molecule has 0 bridgehead atoms. The molecule has 9 heteroatoms. The van der Waals surface area contributed by atoms with Crippen molar-refractivity contribution >= 4 is 29.7 Å². The Bertz CT molecular complexity index is 569. The Balaban J connectivity index is 0.00000729. The van der Waals surface area contributed by atoms with Gasteiger partial charge in [0.25, 0.3) is 7.82 Å². The standard InChI is InChI=1S/C19H30BrO6P.H3N/c20-15-18(16-25-27(22,23)24)26-19(21)14-10-5-3-1-2-4-7-11-17-12-8-6-9-13-17;/h6,8-9,12-13,18H,1-5,7,10-11,14-16H2,(H2,22,23,24);1H3/t18-;/m1./s1. The lowest BCUT2D eigenvalue weighted by atomic mass is 10.0. The molecule has 0 spiro atoms. The van der Waals surface area contributed by atoms with Crippen molar-refractivity contribution in [3.05, 3.63) is 35.9 Å². The van der Waals surface area contributed by atoms with E-state index in [-0.39, 0.29) is 17.4 Å². The Hall–Kier alpha value is -0.760. The van der Waals surface area contributed by atoms with E-state index in [1.54, 1.807) is 0 Å². The average molecular weight is 482 g/mol. The number of hydrogen-bond acceptors (Lipinski definition) is 5. The van der Waals surface area contributed by atoms with Gasteiger partial charge in [0, 0.05) is 11.8 Å². The Morgan fingerprint density at radius 1 is 1.07 bits per heavy atom. The highest BCUT2D eigenvalue weighted by Crippen LogP contribution is 2.30. The summed E-state index contributed by atoms with van der Waals surface area (Å²) in [5, 5.41) is 0.238. The summed E-state index contributed by atoms with van der Waals surface area (Å²) in [7, 11) is -4.80. The molecule has 162 valence electrons. The van der Waals surface area contributed by atoms with Gasteiger partial charge in [-0.1, -0.05) is 78.4 Å². The van der Waals surface area contributed by atoms with Crippen LogP contribution in [0.3, 0.4) is 0 Å². The number of phosphoric ester groups is 1. The fourth-order valence-corrected chi connectivity index (χ4v) is 3.33. The van der Waals surface area contributed by atoms with Crippen molar-refractivity contribution in [3.63, 3.8) is 0 Å². The van der Waals surface area contributed by atoms with E-state index in [0.717, 1.165) is 32.1 Å². The van der Waals surface area contributed by atoms with E-state index >= 15 is 0 Å². The predicted molar refractivity (Wildman–Crippen MR) is 113 cm³/mol. The number of benzene rings is 1. The molecular formula is C19H33BrNO6P. The zero-order valence-corrected chi connectivity index (χ0v) is 19.0. The summed E-state index contributed by atoms with van der Waals surface area (Å²) < 4.78 is 19.9. The van der Waals surface area contributed by atoms with Gasteiger partial charge >= 0.3 is 5.97 Å². The summed E-state index contributed by atoms with van der Waals surface area (Å²) >= 11 is 3.12. The third kappa shape index (κ3) is 15.2. The maximum Gasteiger partial charge on any atom is 0.306 e. The van der Waals surface area contributed by atoms with Crippen LogP contribution >= 0.6 is 23.8 Å². The first-order valence-electron chi connectivity index (χ1n) is 9.38. The van der Waals surface area contributed by atoms with Gasteiger partial charge in [-0.3, -0.25) is 9.36 Å². The van der Waals surface area contributed by atoms with Crippen LogP contribution < -0.4 is 11.0 Å². The minimum absolute atomic E-state index is 0. The van der Waals surface area contributed by atoms with E-state index < -0.39 is 20.5 Å². The number of carbonyl (C=O) groups is 1. The van der Waals surface area contributed by atoms with Crippen LogP contribution in [0.2, 0.25) is 0 Å². The number of quaternary nitrogens is 1. The third-order valence-electron chi connectivity index (χ3n) is 4.08. The molecule has 5 N–H and O–H groups in total. The van der Waals surface area contributed by atoms with Crippen LogP contribution in [-0.2, 0) is 25.0 Å². The van der Waals surface area contributed by atoms with Crippen LogP contribution in [0, 0.1) is 0 Å². The number of hydrogen-bond donors (Lipinski definition) is 2. The Morgan fingerprint density at radius 3 is 2.21 bits per heavy atom. The summed E-state index contributed by atoms with van der Waals surface area (Å²) in [6.07, 6.45) is 8.29. The lowest BCUT2D eigenvalue weighted by Gasteiger charge is -2.20. The van der Waals surface area contributed by atoms with E-state index in [0.29, 0.717) is 6.42 Å². The van der Waals surface area contributed by atoms with Crippen LogP contribution in [0.15, 0.2) is 30.3 Å². The first kappa shape index (κ1) is 27.2. The second-order valence-corrected chi connectivity index (χ2v) is 8.33. The Kier molecular flexibility index (Phi) is 15.6. The maximum absolute atomic E-state index is 11.7. The molecule has 1 aromatic rings. The van der Waals surface area contributed by atoms with Gasteiger partial charge in [0.1, 0.15) is 6.10 Å². The van der Waals surface area contributed by atoms with Gasteiger partial charge in [0.15, 0.2) is 0 Å². The molecule has 28 heavy (non-hydrogen) atoms. The number of ether oxygens (including phenoxy) is 1. The van der Waals surface area contributed by atoms with Gasteiger partial charge in [-0.05, 0) is 24.8 Å². The molecule has 1 unspecified atom stereocenters. The number of carbonyl (C=O) groups excluding carboxylic acids is 1. The van der Waals surface area contributed by atoms with Crippen LogP contribution in [0.4, 0.5) is 0 Å². The number of halogens is 1. The highest BCUT2D eigenvalue weighted by atomic mass is 79.9. The molecule has 7 nitrogen and oxygen atoms in total. The Morgan fingerprint density at radius 2 is 1.64 bits per heavy atom. The quantitative estimate of drug-likeness (QED) is 0.164. The van der Waals surface area contributed by atoms with Crippen molar-refractivity contribution in [3.8, 4) is 0 Å². The van der Waals surface area contributed by atoms with Crippen molar-refractivity contribution in [1.29, 1.82) is 0 Å². The monoisotopic (exact) mass is 481 g/mol. The fourth-order valence-electron chi connectivity index (χ4n) is 2.66. The molecular weight excluding hydrogens is 449 g/mol. The zero-order chi connectivity index (χ0) is 20.0. The van der Waals surface area contributed by atoms with Crippen molar-refractivity contribution in [2.24, 2.45) is 0 Å². The SMILES string of the molecule is O=C(CCCCCCCCCc1ccccc1)O[C@H](CBr)COP(=O)([O-])O.[NH4+]. The van der Waals surface area contributed by atoms with Crippen molar-refractivity contribution in [2.45, 2.75) is 63.9 Å². The molecule has 0 aliphatic heterocycles. The van der Waals surface area contributed by atoms with E-state index in [1.807, 2.05) is 6.07 Å². The second kappa shape index (κ2) is 16.1. The van der Waals surface area contributed by atoms with Gasteiger partial charge in [-0.25, -0.2) is 0 Å². The number of aryl methyl sites for hydroxylation is 1. The third-order valence-corrected chi connectivity index (χ3v) is 5.28. The minimum Gasteiger partial charge on any atom is -0.756 e. The predicted octanol–water partition coefficient (Wildman–Crippen LogP) is 4.51. The van der Waals surface area contributed by atoms with Gasteiger partial charge in [-0.15, -0.1) is 0 Å². The van der Waals surface area contributed by atoms with Crippen LogP contribution in [-0.4, -0.2) is 28.9 Å². The van der Waals surface area contributed by atoms with Crippen molar-refractivity contribution < 1.29 is 28.4 Å². The first-order valence-corrected chi connectivity index (χ1v) is 12.0. The molecule has 0 aliphatic rings. The summed E-state index contributed by atoms with van der Waals surface area (Å²) in [6.45, 7) is -0.392. The second-order valence-electron chi connectivity index (χ2n) is 6.49. The largest absolute Gasteiger partial charge is 0.756 e. The van der Waals surface area contributed by atoms with E-state index in [9.17, 15) is 14.3 Å². The minimum atomic E-state index is -4.80. The average Bonchev–Trinajstić information content (AvgIpc) is 2.63. The highest BCUT2D eigenvalue weighted by molar-refractivity contribution is 9.09. The summed E-state index contributed by atoms with van der Waals surface area (Å²) in [5.74, 6) is -0.385. The molecule has 0 fully saturated rings. The molecule has 0 radical (unpaired) electrons. The lowest BCUT2D eigenvalue weighted by molar-refractivity contribution is -0.222. The van der Waals surface area contributed by atoms with E-state index in [2.05, 4.69) is 44.7 Å². The molecule has 1 aromatic carbocycles. The molecule has 0 saturated carbocycles. The topological polar surface area (TPSA) is 132 Å². The number of unbranched alkanes of at least 4 members (excludes halogenated alkanes) is 6. The molecule has 0 saturated heterocycles. The lowest BCUT2D eigenvalue weighted by Crippen LogP contribution is -2.25. The number of rotatable bonds is 15. The van der Waals surface area contributed by atoms with Crippen molar-refractivity contribution in [1.82, 2.24) is 6.15 Å². The van der Waals surface area contributed by atoms with Crippen LogP contribution in [0.5, 0.6) is 0 Å². The fraction of sp³-hybridized carbons (Fsp3) is 0.632. The zero-order valence-electron chi connectivity index (χ0n) is 16.6. The molecule has 2 atom stereocenters.